The van der Waals surface area contributed by atoms with Gasteiger partial charge in [-0.25, -0.2) is 4.79 Å². The lowest BCUT2D eigenvalue weighted by molar-refractivity contribution is -0.139. The van der Waals surface area contributed by atoms with Gasteiger partial charge in [-0.2, -0.15) is 0 Å². The Labute approximate surface area is 180 Å². The Bertz CT molecular complexity index is 958. The van der Waals surface area contributed by atoms with Crippen molar-refractivity contribution in [1.82, 2.24) is 15.1 Å². The molecule has 0 aromatic heterocycles. The normalized spacial score (nSPS) is 24.1. The molecule has 0 saturated carbocycles. The minimum atomic E-state index is -0.102. The average molecular weight is 426 g/mol. The molecular weight excluding hydrogens is 402 g/mol. The van der Waals surface area contributed by atoms with E-state index in [0.29, 0.717) is 19.0 Å². The summed E-state index contributed by atoms with van der Waals surface area (Å²) in [5.41, 5.74) is 3.36. The third-order valence-electron chi connectivity index (χ3n) is 6.31. The number of halogens is 1. The summed E-state index contributed by atoms with van der Waals surface area (Å²) in [6, 6.07) is 16.2. The number of rotatable bonds is 2. The van der Waals surface area contributed by atoms with Crippen molar-refractivity contribution in [2.75, 3.05) is 32.8 Å². The summed E-state index contributed by atoms with van der Waals surface area (Å²) in [6.07, 6.45) is 0.782. The van der Waals surface area contributed by atoms with Gasteiger partial charge in [0.1, 0.15) is 6.61 Å². The van der Waals surface area contributed by atoms with E-state index in [1.807, 2.05) is 34.1 Å². The lowest BCUT2D eigenvalue weighted by atomic mass is 9.90. The second-order valence-corrected chi connectivity index (χ2v) is 8.65. The summed E-state index contributed by atoms with van der Waals surface area (Å²) in [7, 11) is 0. The fraction of sp³-hybridized carbons (Fsp3) is 0.391. The van der Waals surface area contributed by atoms with Crippen molar-refractivity contribution in [1.29, 1.82) is 0 Å². The molecule has 0 unspecified atom stereocenters. The number of nitrogens with zero attached hydrogens (tertiary/aromatic N) is 2. The van der Waals surface area contributed by atoms with Gasteiger partial charge < -0.3 is 19.9 Å². The summed E-state index contributed by atoms with van der Waals surface area (Å²) < 4.78 is 5.57. The fourth-order valence-electron chi connectivity index (χ4n) is 4.55. The molecule has 3 saturated heterocycles. The van der Waals surface area contributed by atoms with Crippen LogP contribution in [0.1, 0.15) is 17.9 Å². The Morgan fingerprint density at radius 3 is 2.57 bits per heavy atom. The molecule has 2 aromatic carbocycles. The van der Waals surface area contributed by atoms with Crippen LogP contribution in [-0.2, 0) is 9.53 Å². The Morgan fingerprint density at radius 1 is 1.03 bits per heavy atom. The molecule has 3 aliphatic rings. The number of nitrogens with one attached hydrogen (secondary N) is 1. The van der Waals surface area contributed by atoms with E-state index in [-0.39, 0.29) is 30.7 Å². The number of urea groups is 1. The highest BCUT2D eigenvalue weighted by molar-refractivity contribution is 6.33. The molecule has 3 aliphatic heterocycles. The number of likely N-dealkylation sites (tertiary alicyclic amines) is 2. The first kappa shape index (κ1) is 19.4. The van der Waals surface area contributed by atoms with E-state index in [9.17, 15) is 9.59 Å². The van der Waals surface area contributed by atoms with Gasteiger partial charge in [-0.05, 0) is 23.6 Å². The van der Waals surface area contributed by atoms with Gasteiger partial charge in [-0.15, -0.1) is 0 Å². The van der Waals surface area contributed by atoms with Gasteiger partial charge in [0.15, 0.2) is 0 Å². The molecule has 156 valence electrons. The number of ether oxygens (including phenoxy) is 1. The number of carbonyl (C=O) groups excluding carboxylic acids is 2. The molecule has 0 bridgehead atoms. The zero-order chi connectivity index (χ0) is 20.7. The monoisotopic (exact) mass is 425 g/mol. The number of carbonyl (C=O) groups is 2. The lowest BCUT2D eigenvalue weighted by Gasteiger charge is -2.46. The van der Waals surface area contributed by atoms with Crippen LogP contribution < -0.4 is 5.32 Å². The Kier molecular flexibility index (Phi) is 5.13. The van der Waals surface area contributed by atoms with Crippen molar-refractivity contribution in [2.45, 2.75) is 24.5 Å². The van der Waals surface area contributed by atoms with Crippen molar-refractivity contribution in [3.8, 4) is 11.1 Å². The Balaban J connectivity index is 1.18. The predicted molar refractivity (Wildman–Crippen MR) is 114 cm³/mol. The summed E-state index contributed by atoms with van der Waals surface area (Å²) in [5, 5.41) is 3.69. The van der Waals surface area contributed by atoms with Crippen molar-refractivity contribution < 1.29 is 14.3 Å². The SMILES string of the molecule is O=C1CO[C@H]2CCN(C(=O)N3CC(c4ccc(-c5ccccc5Cl)cc4)C3)C[C@H]2N1. The second-order valence-electron chi connectivity index (χ2n) is 8.24. The number of amides is 3. The highest BCUT2D eigenvalue weighted by Gasteiger charge is 2.40. The maximum absolute atomic E-state index is 12.9. The summed E-state index contributed by atoms with van der Waals surface area (Å²) in [5.74, 6) is 0.249. The minimum Gasteiger partial charge on any atom is -0.366 e. The quantitative estimate of drug-likeness (QED) is 0.804. The lowest BCUT2D eigenvalue weighted by Crippen LogP contribution is -2.63. The van der Waals surface area contributed by atoms with Gasteiger partial charge in [0.25, 0.3) is 0 Å². The van der Waals surface area contributed by atoms with Gasteiger partial charge in [0, 0.05) is 42.7 Å². The van der Waals surface area contributed by atoms with Crippen LogP contribution in [0.3, 0.4) is 0 Å². The first-order valence-corrected chi connectivity index (χ1v) is 10.8. The molecule has 30 heavy (non-hydrogen) atoms. The molecule has 3 heterocycles. The molecule has 0 aliphatic carbocycles. The van der Waals surface area contributed by atoms with Crippen molar-refractivity contribution in [3.63, 3.8) is 0 Å². The standard InChI is InChI=1S/C23H24ClN3O3/c24-19-4-2-1-3-18(19)16-7-5-15(6-8-16)17-11-27(12-17)23(29)26-10-9-21-20(13-26)25-22(28)14-30-21/h1-8,17,20-21H,9-14H2,(H,25,28)/t20-,21+/m1/s1. The molecule has 3 fully saturated rings. The fourth-order valence-corrected chi connectivity index (χ4v) is 4.79. The molecular formula is C23H24ClN3O3. The topological polar surface area (TPSA) is 61.9 Å². The van der Waals surface area contributed by atoms with E-state index < -0.39 is 0 Å². The van der Waals surface area contributed by atoms with E-state index >= 15 is 0 Å². The highest BCUT2D eigenvalue weighted by atomic mass is 35.5. The molecule has 2 atom stereocenters. The Hall–Kier alpha value is -2.57. The van der Waals surface area contributed by atoms with Crippen LogP contribution in [0.4, 0.5) is 4.79 Å². The van der Waals surface area contributed by atoms with Crippen LogP contribution in [0.25, 0.3) is 11.1 Å². The van der Waals surface area contributed by atoms with Crippen molar-refractivity contribution >= 4 is 23.5 Å². The van der Waals surface area contributed by atoms with Gasteiger partial charge in [0.2, 0.25) is 5.91 Å². The molecule has 0 spiro atoms. The number of hydrogen-bond donors (Lipinski definition) is 1. The first-order valence-electron chi connectivity index (χ1n) is 10.4. The maximum Gasteiger partial charge on any atom is 0.320 e. The maximum atomic E-state index is 12.9. The molecule has 6 nitrogen and oxygen atoms in total. The summed E-state index contributed by atoms with van der Waals surface area (Å²) in [6.45, 7) is 2.75. The molecule has 3 amide bonds. The zero-order valence-electron chi connectivity index (χ0n) is 16.6. The van der Waals surface area contributed by atoms with E-state index in [0.717, 1.165) is 35.7 Å². The number of hydrogen-bond acceptors (Lipinski definition) is 3. The van der Waals surface area contributed by atoms with Crippen LogP contribution in [0.5, 0.6) is 0 Å². The van der Waals surface area contributed by atoms with E-state index in [1.165, 1.54) is 5.56 Å². The van der Waals surface area contributed by atoms with Crippen LogP contribution in [-0.4, -0.2) is 66.7 Å². The predicted octanol–water partition coefficient (Wildman–Crippen LogP) is 3.12. The number of benzene rings is 2. The highest BCUT2D eigenvalue weighted by Crippen LogP contribution is 2.32. The molecule has 7 heteroatoms. The second kappa shape index (κ2) is 7.93. The van der Waals surface area contributed by atoms with Gasteiger partial charge in [-0.3, -0.25) is 4.79 Å². The van der Waals surface area contributed by atoms with Gasteiger partial charge in [-0.1, -0.05) is 54.1 Å². The molecule has 0 radical (unpaired) electrons. The smallest absolute Gasteiger partial charge is 0.320 e. The third kappa shape index (κ3) is 3.66. The molecule has 1 N–H and O–H groups in total. The number of morpholine rings is 1. The summed E-state index contributed by atoms with van der Waals surface area (Å²) >= 11 is 6.30. The molecule has 5 rings (SSSR count). The van der Waals surface area contributed by atoms with E-state index in [4.69, 9.17) is 16.3 Å². The van der Waals surface area contributed by atoms with Gasteiger partial charge in [0.05, 0.1) is 12.1 Å². The number of fused-ring (bicyclic) bond motifs is 1. The first-order chi connectivity index (χ1) is 14.6. The van der Waals surface area contributed by atoms with E-state index in [1.54, 1.807) is 0 Å². The van der Waals surface area contributed by atoms with Crippen LogP contribution >= 0.6 is 11.6 Å². The third-order valence-corrected chi connectivity index (χ3v) is 6.64. The van der Waals surface area contributed by atoms with Crippen molar-refractivity contribution in [2.24, 2.45) is 0 Å². The van der Waals surface area contributed by atoms with E-state index in [2.05, 4.69) is 29.6 Å². The summed E-state index contributed by atoms with van der Waals surface area (Å²) in [4.78, 5) is 28.2. The van der Waals surface area contributed by atoms with Crippen LogP contribution in [0.15, 0.2) is 48.5 Å². The van der Waals surface area contributed by atoms with Crippen LogP contribution in [0.2, 0.25) is 5.02 Å². The molecule has 2 aromatic rings. The minimum absolute atomic E-state index is 0.0209. The zero-order valence-corrected chi connectivity index (χ0v) is 17.3. The number of piperidine rings is 1. The van der Waals surface area contributed by atoms with Crippen LogP contribution in [0, 0.1) is 0 Å². The Morgan fingerprint density at radius 2 is 1.80 bits per heavy atom. The largest absolute Gasteiger partial charge is 0.366 e. The van der Waals surface area contributed by atoms with Crippen molar-refractivity contribution in [3.05, 3.63) is 59.1 Å². The average Bonchev–Trinajstić information content (AvgIpc) is 2.73. The van der Waals surface area contributed by atoms with Gasteiger partial charge >= 0.3 is 6.03 Å².